The summed E-state index contributed by atoms with van der Waals surface area (Å²) < 4.78 is 13.1. The van der Waals surface area contributed by atoms with Crippen molar-refractivity contribution >= 4 is 11.9 Å². The SMILES string of the molecule is CC[C@@H]1COC(=O)N1c1cn2c(n1)-c1ccc(C)cc1OCC2. The minimum absolute atomic E-state index is 0.0513. The standard InChI is InChI=1S/C17H19N3O3/c1-3-12-10-23-17(21)20(12)15-9-19-6-7-22-14-8-11(2)4-5-13(14)16(19)18-15/h4-5,8-9,12H,3,6-7,10H2,1-2H3/t12-/m1/s1. The zero-order chi connectivity index (χ0) is 16.0. The molecule has 0 spiro atoms. The van der Waals surface area contributed by atoms with Crippen molar-refractivity contribution in [2.75, 3.05) is 18.1 Å². The van der Waals surface area contributed by atoms with Crippen LogP contribution in [0.15, 0.2) is 24.4 Å². The van der Waals surface area contributed by atoms with Crippen molar-refractivity contribution in [1.82, 2.24) is 9.55 Å². The molecule has 2 aliphatic heterocycles. The van der Waals surface area contributed by atoms with Gasteiger partial charge in [-0.15, -0.1) is 0 Å². The quantitative estimate of drug-likeness (QED) is 0.855. The van der Waals surface area contributed by atoms with Crippen LogP contribution in [-0.2, 0) is 11.3 Å². The molecule has 1 saturated heterocycles. The van der Waals surface area contributed by atoms with E-state index in [0.717, 1.165) is 29.1 Å². The molecule has 2 aliphatic rings. The molecular formula is C17H19N3O3. The lowest BCUT2D eigenvalue weighted by molar-refractivity contribution is 0.178. The lowest BCUT2D eigenvalue weighted by Gasteiger charge is -2.17. The Labute approximate surface area is 134 Å². The number of imidazole rings is 1. The predicted octanol–water partition coefficient (Wildman–Crippen LogP) is 2.99. The monoisotopic (exact) mass is 313 g/mol. The highest BCUT2D eigenvalue weighted by Gasteiger charge is 2.35. The summed E-state index contributed by atoms with van der Waals surface area (Å²) in [6, 6.07) is 6.15. The molecule has 6 nitrogen and oxygen atoms in total. The Kier molecular flexibility index (Phi) is 3.25. The Morgan fingerprint density at radius 3 is 3.04 bits per heavy atom. The van der Waals surface area contributed by atoms with Crippen LogP contribution < -0.4 is 9.64 Å². The second-order valence-corrected chi connectivity index (χ2v) is 5.97. The molecule has 4 rings (SSSR count). The molecule has 23 heavy (non-hydrogen) atoms. The Bertz CT molecular complexity index is 768. The summed E-state index contributed by atoms with van der Waals surface area (Å²) in [6.07, 6.45) is 2.45. The molecule has 2 aromatic rings. The highest BCUT2D eigenvalue weighted by molar-refractivity contribution is 5.89. The van der Waals surface area contributed by atoms with Crippen LogP contribution in [0.25, 0.3) is 11.4 Å². The fourth-order valence-corrected chi connectivity index (χ4v) is 3.13. The lowest BCUT2D eigenvalue weighted by Crippen LogP contribution is -2.33. The lowest BCUT2D eigenvalue weighted by atomic mass is 10.1. The van der Waals surface area contributed by atoms with Crippen LogP contribution in [0.2, 0.25) is 0 Å². The van der Waals surface area contributed by atoms with Gasteiger partial charge in [0.25, 0.3) is 0 Å². The molecule has 0 saturated carbocycles. The fraction of sp³-hybridized carbons (Fsp3) is 0.412. The molecule has 0 N–H and O–H groups in total. The van der Waals surface area contributed by atoms with E-state index in [1.807, 2.05) is 38.2 Å². The van der Waals surface area contributed by atoms with Crippen molar-refractivity contribution in [3.63, 3.8) is 0 Å². The second-order valence-electron chi connectivity index (χ2n) is 5.97. The molecule has 1 fully saturated rings. The molecule has 1 aromatic carbocycles. The maximum absolute atomic E-state index is 12.0. The van der Waals surface area contributed by atoms with Gasteiger partial charge in [0.05, 0.1) is 18.2 Å². The number of nitrogens with zero attached hydrogens (tertiary/aromatic N) is 3. The summed E-state index contributed by atoms with van der Waals surface area (Å²) in [6.45, 7) is 5.80. The molecule has 3 heterocycles. The van der Waals surface area contributed by atoms with Crippen LogP contribution in [0.4, 0.5) is 10.6 Å². The fourth-order valence-electron chi connectivity index (χ4n) is 3.13. The Hall–Kier alpha value is -2.50. The van der Waals surface area contributed by atoms with Gasteiger partial charge in [-0.05, 0) is 31.0 Å². The molecule has 120 valence electrons. The van der Waals surface area contributed by atoms with E-state index in [1.165, 1.54) is 0 Å². The number of aromatic nitrogens is 2. The summed E-state index contributed by atoms with van der Waals surface area (Å²) in [5.74, 6) is 2.33. The maximum atomic E-state index is 12.0. The van der Waals surface area contributed by atoms with Crippen molar-refractivity contribution in [2.45, 2.75) is 32.9 Å². The van der Waals surface area contributed by atoms with Crippen LogP contribution >= 0.6 is 0 Å². The van der Waals surface area contributed by atoms with Crippen molar-refractivity contribution in [3.05, 3.63) is 30.0 Å². The number of rotatable bonds is 2. The summed E-state index contributed by atoms with van der Waals surface area (Å²) in [7, 11) is 0. The molecule has 1 aromatic heterocycles. The topological polar surface area (TPSA) is 56.6 Å². The molecule has 1 amide bonds. The normalized spacial score (nSPS) is 19.7. The molecule has 0 unspecified atom stereocenters. The van der Waals surface area contributed by atoms with E-state index in [2.05, 4.69) is 4.57 Å². The van der Waals surface area contributed by atoms with E-state index in [-0.39, 0.29) is 12.1 Å². The number of ether oxygens (including phenoxy) is 2. The van der Waals surface area contributed by atoms with Gasteiger partial charge in [-0.25, -0.2) is 9.78 Å². The first-order valence-corrected chi connectivity index (χ1v) is 7.94. The third kappa shape index (κ3) is 2.25. The van der Waals surface area contributed by atoms with Gasteiger partial charge in [0.2, 0.25) is 0 Å². The van der Waals surface area contributed by atoms with Crippen LogP contribution in [0.5, 0.6) is 5.75 Å². The maximum Gasteiger partial charge on any atom is 0.415 e. The van der Waals surface area contributed by atoms with Crippen molar-refractivity contribution in [3.8, 4) is 17.1 Å². The molecule has 6 heteroatoms. The third-order valence-corrected chi connectivity index (χ3v) is 4.41. The minimum Gasteiger partial charge on any atom is -0.491 e. The molecule has 1 atom stereocenters. The van der Waals surface area contributed by atoms with E-state index in [9.17, 15) is 4.79 Å². The summed E-state index contributed by atoms with van der Waals surface area (Å²) in [5.41, 5.74) is 2.11. The Balaban J connectivity index is 1.80. The molecular weight excluding hydrogens is 294 g/mol. The van der Waals surface area contributed by atoms with Crippen LogP contribution in [0.3, 0.4) is 0 Å². The summed E-state index contributed by atoms with van der Waals surface area (Å²) in [4.78, 5) is 18.4. The van der Waals surface area contributed by atoms with Crippen molar-refractivity contribution in [2.24, 2.45) is 0 Å². The van der Waals surface area contributed by atoms with Gasteiger partial charge in [0, 0.05) is 6.20 Å². The number of carbonyl (C=O) groups is 1. The highest BCUT2D eigenvalue weighted by atomic mass is 16.6. The van der Waals surface area contributed by atoms with Crippen molar-refractivity contribution < 1.29 is 14.3 Å². The van der Waals surface area contributed by atoms with Gasteiger partial charge in [-0.2, -0.15) is 0 Å². The van der Waals surface area contributed by atoms with Gasteiger partial charge in [-0.3, -0.25) is 4.90 Å². The average Bonchev–Trinajstić information content (AvgIpc) is 3.06. The molecule has 0 aliphatic carbocycles. The van der Waals surface area contributed by atoms with Crippen LogP contribution in [0, 0.1) is 6.92 Å². The summed E-state index contributed by atoms with van der Waals surface area (Å²) >= 11 is 0. The van der Waals surface area contributed by atoms with Crippen LogP contribution in [0.1, 0.15) is 18.9 Å². The first-order valence-electron chi connectivity index (χ1n) is 7.94. The third-order valence-electron chi connectivity index (χ3n) is 4.41. The van der Waals surface area contributed by atoms with Gasteiger partial charge < -0.3 is 14.0 Å². The molecule has 0 bridgehead atoms. The largest absolute Gasteiger partial charge is 0.491 e. The number of cyclic esters (lactones) is 1. The predicted molar refractivity (Wildman–Crippen MR) is 85.8 cm³/mol. The van der Waals surface area contributed by atoms with Gasteiger partial charge in [0.15, 0.2) is 5.82 Å². The number of hydrogen-bond acceptors (Lipinski definition) is 4. The van der Waals surface area contributed by atoms with Gasteiger partial charge in [0.1, 0.15) is 24.8 Å². The zero-order valence-electron chi connectivity index (χ0n) is 13.3. The van der Waals surface area contributed by atoms with E-state index in [4.69, 9.17) is 14.5 Å². The van der Waals surface area contributed by atoms with Gasteiger partial charge in [-0.1, -0.05) is 13.0 Å². The number of amides is 1. The molecule has 0 radical (unpaired) electrons. The number of aryl methyl sites for hydroxylation is 1. The van der Waals surface area contributed by atoms with E-state index in [0.29, 0.717) is 25.6 Å². The number of benzene rings is 1. The first kappa shape index (κ1) is 14.1. The van der Waals surface area contributed by atoms with E-state index in [1.54, 1.807) is 4.90 Å². The second kappa shape index (κ2) is 5.30. The summed E-state index contributed by atoms with van der Waals surface area (Å²) in [5, 5.41) is 0. The number of hydrogen-bond donors (Lipinski definition) is 0. The Morgan fingerprint density at radius 2 is 2.22 bits per heavy atom. The average molecular weight is 313 g/mol. The number of carbonyl (C=O) groups excluding carboxylic acids is 1. The smallest absolute Gasteiger partial charge is 0.415 e. The zero-order valence-corrected chi connectivity index (χ0v) is 13.3. The number of fused-ring (bicyclic) bond motifs is 3. The first-order chi connectivity index (χ1) is 11.2. The minimum atomic E-state index is -0.314. The van der Waals surface area contributed by atoms with E-state index >= 15 is 0 Å². The highest BCUT2D eigenvalue weighted by Crippen LogP contribution is 2.35. The number of anilines is 1. The van der Waals surface area contributed by atoms with Crippen molar-refractivity contribution in [1.29, 1.82) is 0 Å². The Morgan fingerprint density at radius 1 is 1.35 bits per heavy atom. The van der Waals surface area contributed by atoms with Crippen LogP contribution in [-0.4, -0.2) is 34.9 Å². The van der Waals surface area contributed by atoms with E-state index < -0.39 is 0 Å². The van der Waals surface area contributed by atoms with Gasteiger partial charge >= 0.3 is 6.09 Å².